The first-order chi connectivity index (χ1) is 13.1. The van der Waals surface area contributed by atoms with Gasteiger partial charge in [-0.25, -0.2) is 9.66 Å². The molecule has 0 bridgehead atoms. The van der Waals surface area contributed by atoms with Crippen molar-refractivity contribution >= 4 is 27.5 Å². The second-order valence-corrected chi connectivity index (χ2v) is 6.63. The maximum Gasteiger partial charge on any atom is 0.281 e. The summed E-state index contributed by atoms with van der Waals surface area (Å²) in [5.41, 5.74) is 3.33. The number of aromatic nitrogens is 2. The smallest absolute Gasteiger partial charge is 0.281 e. The Balaban J connectivity index is 1.76. The molecule has 0 aliphatic heterocycles. The van der Waals surface area contributed by atoms with Gasteiger partial charge >= 0.3 is 0 Å². The Hall–Kier alpha value is -3.39. The Morgan fingerprint density at radius 1 is 1.26 bits per heavy atom. The van der Waals surface area contributed by atoms with Gasteiger partial charge in [-0.3, -0.25) is 15.0 Å². The molecular weight excluding hydrogens is 366 g/mol. The minimum atomic E-state index is -0.418. The van der Waals surface area contributed by atoms with Gasteiger partial charge in [0, 0.05) is 16.5 Å². The minimum absolute atomic E-state index is 0.355. The lowest BCUT2D eigenvalue weighted by molar-refractivity contribution is 0.101. The highest BCUT2D eigenvalue weighted by molar-refractivity contribution is 7.17. The van der Waals surface area contributed by atoms with Crippen LogP contribution in [0.1, 0.15) is 16.2 Å². The predicted octanol–water partition coefficient (Wildman–Crippen LogP) is 3.42. The lowest BCUT2D eigenvalue weighted by Crippen LogP contribution is -2.35. The Bertz CT molecular complexity index is 1170. The summed E-state index contributed by atoms with van der Waals surface area (Å²) in [6, 6.07) is 10.1. The third-order valence-electron chi connectivity index (χ3n) is 4.13. The topological polar surface area (TPSA) is 86.4 Å². The van der Waals surface area contributed by atoms with Crippen LogP contribution in [0.4, 0.5) is 0 Å². The molecule has 0 fully saturated rings. The van der Waals surface area contributed by atoms with Gasteiger partial charge in [0.15, 0.2) is 0 Å². The number of rotatable bonds is 4. The molecule has 27 heavy (non-hydrogen) atoms. The van der Waals surface area contributed by atoms with Crippen molar-refractivity contribution in [3.63, 3.8) is 0 Å². The Kier molecular flexibility index (Phi) is 4.25. The van der Waals surface area contributed by atoms with Gasteiger partial charge in [-0.1, -0.05) is 0 Å². The second kappa shape index (κ2) is 6.73. The van der Waals surface area contributed by atoms with Crippen molar-refractivity contribution in [1.82, 2.24) is 9.66 Å². The van der Waals surface area contributed by atoms with E-state index in [1.807, 2.05) is 5.38 Å². The molecule has 0 radical (unpaired) electrons. The van der Waals surface area contributed by atoms with Gasteiger partial charge in [-0.2, -0.15) is 0 Å². The monoisotopic (exact) mass is 381 g/mol. The highest BCUT2D eigenvalue weighted by Gasteiger charge is 2.18. The number of aryl methyl sites for hydroxylation is 1. The zero-order valence-corrected chi connectivity index (χ0v) is 15.4. The van der Waals surface area contributed by atoms with E-state index in [9.17, 15) is 9.59 Å². The van der Waals surface area contributed by atoms with Crippen molar-refractivity contribution < 1.29 is 13.9 Å². The van der Waals surface area contributed by atoms with Crippen molar-refractivity contribution in [2.24, 2.45) is 0 Å². The molecule has 0 atom stereocenters. The van der Waals surface area contributed by atoms with Crippen LogP contribution in [0.5, 0.6) is 5.75 Å². The fourth-order valence-electron chi connectivity index (χ4n) is 2.75. The number of carbonyl (C=O) groups is 1. The SMILES string of the molecule is COc1ccc(C(=O)Nn2c(C)nc3scc(-c4ccco4)c3c2=O)cc1. The number of thiophene rings is 1. The number of benzene rings is 1. The van der Waals surface area contributed by atoms with Gasteiger partial charge in [0.05, 0.1) is 18.8 Å². The number of furan rings is 1. The normalized spacial score (nSPS) is 10.9. The maximum absolute atomic E-state index is 13.0. The molecule has 1 N–H and O–H groups in total. The van der Waals surface area contributed by atoms with Crippen molar-refractivity contribution in [3.05, 3.63) is 69.8 Å². The molecule has 1 aromatic carbocycles. The number of fused-ring (bicyclic) bond motifs is 1. The first-order valence-electron chi connectivity index (χ1n) is 8.08. The van der Waals surface area contributed by atoms with Gasteiger partial charge in [-0.05, 0) is 43.3 Å². The van der Waals surface area contributed by atoms with Gasteiger partial charge in [0.1, 0.15) is 22.2 Å². The first-order valence-corrected chi connectivity index (χ1v) is 8.96. The summed E-state index contributed by atoms with van der Waals surface area (Å²) < 4.78 is 11.7. The molecule has 8 heteroatoms. The van der Waals surface area contributed by atoms with Gasteiger partial charge in [0.2, 0.25) is 0 Å². The molecule has 3 aromatic heterocycles. The predicted molar refractivity (Wildman–Crippen MR) is 103 cm³/mol. The van der Waals surface area contributed by atoms with Crippen molar-refractivity contribution in [1.29, 1.82) is 0 Å². The lowest BCUT2D eigenvalue weighted by atomic mass is 10.2. The summed E-state index contributed by atoms with van der Waals surface area (Å²) in [5.74, 6) is 1.20. The van der Waals surface area contributed by atoms with Crippen molar-refractivity contribution in [3.8, 4) is 17.1 Å². The third kappa shape index (κ3) is 3.00. The Labute approximate surface area is 157 Å². The largest absolute Gasteiger partial charge is 0.497 e. The van der Waals surface area contributed by atoms with E-state index in [1.165, 1.54) is 11.3 Å². The van der Waals surface area contributed by atoms with Crippen LogP contribution in [0.3, 0.4) is 0 Å². The minimum Gasteiger partial charge on any atom is -0.497 e. The molecule has 4 aromatic rings. The van der Waals surface area contributed by atoms with E-state index in [0.29, 0.717) is 38.7 Å². The number of ether oxygens (including phenoxy) is 1. The van der Waals surface area contributed by atoms with E-state index < -0.39 is 5.91 Å². The highest BCUT2D eigenvalue weighted by Crippen LogP contribution is 2.31. The number of carbonyl (C=O) groups excluding carboxylic acids is 1. The van der Waals surface area contributed by atoms with Gasteiger partial charge in [-0.15, -0.1) is 11.3 Å². The van der Waals surface area contributed by atoms with Crippen molar-refractivity contribution in [2.75, 3.05) is 12.5 Å². The van der Waals surface area contributed by atoms with Gasteiger partial charge < -0.3 is 9.15 Å². The van der Waals surface area contributed by atoms with Crippen LogP contribution in [-0.2, 0) is 0 Å². The molecule has 0 aliphatic rings. The fraction of sp³-hybridized carbons (Fsp3) is 0.105. The summed E-state index contributed by atoms with van der Waals surface area (Å²) in [4.78, 5) is 30.6. The van der Waals surface area contributed by atoms with Crippen LogP contribution < -0.4 is 15.7 Å². The second-order valence-electron chi connectivity index (χ2n) is 5.78. The van der Waals surface area contributed by atoms with Crippen LogP contribution in [0, 0.1) is 6.92 Å². The summed E-state index contributed by atoms with van der Waals surface area (Å²) in [5, 5.41) is 2.24. The van der Waals surface area contributed by atoms with Crippen LogP contribution in [-0.4, -0.2) is 22.7 Å². The molecule has 0 spiro atoms. The standard InChI is InChI=1S/C19H15N3O4S/c1-11-20-18-16(14(10-27-18)15-4-3-9-26-15)19(24)22(11)21-17(23)12-5-7-13(25-2)8-6-12/h3-10H,1-2H3,(H,21,23). The number of hydrogen-bond donors (Lipinski definition) is 1. The molecule has 1 amide bonds. The highest BCUT2D eigenvalue weighted by atomic mass is 32.1. The lowest BCUT2D eigenvalue weighted by Gasteiger charge is -2.11. The fourth-order valence-corrected chi connectivity index (χ4v) is 3.71. The van der Waals surface area contributed by atoms with E-state index >= 15 is 0 Å². The molecular formula is C19H15N3O4S. The molecule has 7 nitrogen and oxygen atoms in total. The number of hydrogen-bond acceptors (Lipinski definition) is 6. The average molecular weight is 381 g/mol. The summed E-state index contributed by atoms with van der Waals surface area (Å²) in [7, 11) is 1.55. The number of amides is 1. The molecule has 4 rings (SSSR count). The average Bonchev–Trinajstić information content (AvgIpc) is 3.34. The number of nitrogens with one attached hydrogen (secondary N) is 1. The molecule has 0 saturated heterocycles. The van der Waals surface area contributed by atoms with Crippen LogP contribution in [0.2, 0.25) is 0 Å². The van der Waals surface area contributed by atoms with E-state index in [0.717, 1.165) is 4.68 Å². The molecule has 0 saturated carbocycles. The van der Waals surface area contributed by atoms with E-state index in [2.05, 4.69) is 10.4 Å². The summed E-state index contributed by atoms with van der Waals surface area (Å²) >= 11 is 1.36. The summed E-state index contributed by atoms with van der Waals surface area (Å²) in [6.07, 6.45) is 1.55. The van der Waals surface area contributed by atoms with E-state index in [-0.39, 0.29) is 5.56 Å². The summed E-state index contributed by atoms with van der Waals surface area (Å²) in [6.45, 7) is 1.67. The van der Waals surface area contributed by atoms with Crippen LogP contribution in [0.15, 0.2) is 57.3 Å². The molecule has 0 unspecified atom stereocenters. The van der Waals surface area contributed by atoms with Crippen molar-refractivity contribution in [2.45, 2.75) is 6.92 Å². The maximum atomic E-state index is 13.0. The first kappa shape index (κ1) is 17.0. The number of nitrogens with zero attached hydrogens (tertiary/aromatic N) is 2. The Morgan fingerprint density at radius 2 is 2.04 bits per heavy atom. The quantitative estimate of drug-likeness (QED) is 0.585. The molecule has 3 heterocycles. The van der Waals surface area contributed by atoms with Crippen LogP contribution >= 0.6 is 11.3 Å². The zero-order valence-electron chi connectivity index (χ0n) is 14.6. The van der Waals surface area contributed by atoms with E-state index in [1.54, 1.807) is 56.7 Å². The van der Waals surface area contributed by atoms with Crippen LogP contribution in [0.25, 0.3) is 21.5 Å². The molecule has 136 valence electrons. The third-order valence-corrected chi connectivity index (χ3v) is 5.00. The number of methoxy groups -OCH3 is 1. The molecule has 0 aliphatic carbocycles. The van der Waals surface area contributed by atoms with Gasteiger partial charge in [0.25, 0.3) is 11.5 Å². The van der Waals surface area contributed by atoms with E-state index in [4.69, 9.17) is 9.15 Å². The Morgan fingerprint density at radius 3 is 2.70 bits per heavy atom. The zero-order chi connectivity index (χ0) is 19.0.